The summed E-state index contributed by atoms with van der Waals surface area (Å²) < 4.78 is 0. The van der Waals surface area contributed by atoms with Crippen molar-refractivity contribution >= 4 is 34.3 Å². The molecule has 0 fully saturated rings. The summed E-state index contributed by atoms with van der Waals surface area (Å²) in [6.45, 7) is 5.86. The number of hydroxylamine groups is 1. The Hall–Kier alpha value is -2.35. The molecule has 0 radical (unpaired) electrons. The van der Waals surface area contributed by atoms with Gasteiger partial charge in [-0.1, -0.05) is 22.5 Å². The van der Waals surface area contributed by atoms with Crippen LogP contribution in [0.25, 0.3) is 0 Å². The molecular formula is C16H22N4O3S. The lowest BCUT2D eigenvalue weighted by Gasteiger charge is -2.36. The van der Waals surface area contributed by atoms with Crippen LogP contribution in [0.3, 0.4) is 0 Å². The Bertz CT molecular complexity index is 703. The van der Waals surface area contributed by atoms with Crippen molar-refractivity contribution in [2.45, 2.75) is 26.8 Å². The van der Waals surface area contributed by atoms with Crippen LogP contribution in [0.2, 0.25) is 0 Å². The van der Waals surface area contributed by atoms with E-state index in [1.165, 1.54) is 14.2 Å². The Morgan fingerprint density at radius 1 is 1.29 bits per heavy atom. The molecule has 1 aromatic rings. The van der Waals surface area contributed by atoms with E-state index in [1.54, 1.807) is 12.1 Å². The number of likely N-dealkylation sites (N-methyl/N-ethyl adjacent to an activating group) is 1. The molecule has 0 aliphatic carbocycles. The van der Waals surface area contributed by atoms with Gasteiger partial charge in [0.25, 0.3) is 0 Å². The summed E-state index contributed by atoms with van der Waals surface area (Å²) in [6, 6.07) is 3.94. The van der Waals surface area contributed by atoms with E-state index in [9.17, 15) is 0 Å². The molecule has 1 N–H and O–H groups in total. The molecule has 0 saturated heterocycles. The fourth-order valence-electron chi connectivity index (χ4n) is 2.45. The SMILES string of the molecule is CNC(=S)C(=NOC)c1cc2cc(C)c1ON2C(C)C(C)=NOC. The van der Waals surface area contributed by atoms with Crippen LogP contribution in [0, 0.1) is 6.92 Å². The van der Waals surface area contributed by atoms with Crippen LogP contribution < -0.4 is 15.2 Å². The number of thiocarbonyl (C=S) groups is 1. The van der Waals surface area contributed by atoms with Gasteiger partial charge in [0.05, 0.1) is 17.0 Å². The zero-order valence-corrected chi connectivity index (χ0v) is 15.5. The van der Waals surface area contributed by atoms with Crippen molar-refractivity contribution in [3.63, 3.8) is 0 Å². The van der Waals surface area contributed by atoms with Gasteiger partial charge in [-0.15, -0.1) is 0 Å². The first-order valence-electron chi connectivity index (χ1n) is 7.47. The number of nitrogens with zero attached hydrogens (tertiary/aromatic N) is 3. The molecule has 2 aliphatic rings. The van der Waals surface area contributed by atoms with Gasteiger partial charge < -0.3 is 19.8 Å². The van der Waals surface area contributed by atoms with Crippen molar-refractivity contribution < 1.29 is 14.5 Å². The van der Waals surface area contributed by atoms with Crippen LogP contribution in [-0.4, -0.2) is 43.7 Å². The summed E-state index contributed by atoms with van der Waals surface area (Å²) >= 11 is 5.32. The molecule has 3 rings (SSSR count). The first kappa shape index (κ1) is 18.0. The molecule has 0 spiro atoms. The number of aryl methyl sites for hydroxylation is 1. The second-order valence-electron chi connectivity index (χ2n) is 5.35. The van der Waals surface area contributed by atoms with Gasteiger partial charge in [0.2, 0.25) is 0 Å². The van der Waals surface area contributed by atoms with E-state index in [-0.39, 0.29) is 6.04 Å². The van der Waals surface area contributed by atoms with Crippen LogP contribution >= 0.6 is 12.2 Å². The quantitative estimate of drug-likeness (QED) is 0.483. The first-order chi connectivity index (χ1) is 11.4. The Morgan fingerprint density at radius 3 is 2.50 bits per heavy atom. The van der Waals surface area contributed by atoms with E-state index in [0.717, 1.165) is 22.5 Å². The number of benzene rings is 1. The fraction of sp³-hybridized carbons (Fsp3) is 0.438. The molecule has 2 aliphatic heterocycles. The smallest absolute Gasteiger partial charge is 0.168 e. The lowest BCUT2D eigenvalue weighted by molar-refractivity contribution is 0.207. The Balaban J connectivity index is 2.46. The zero-order valence-electron chi connectivity index (χ0n) is 14.7. The topological polar surface area (TPSA) is 67.7 Å². The molecule has 7 nitrogen and oxygen atoms in total. The third-order valence-corrected chi connectivity index (χ3v) is 4.17. The van der Waals surface area contributed by atoms with Crippen molar-refractivity contribution in [2.24, 2.45) is 10.3 Å². The van der Waals surface area contributed by atoms with Gasteiger partial charge in [0.1, 0.15) is 31.0 Å². The molecule has 2 heterocycles. The normalized spacial score (nSPS) is 15.0. The maximum Gasteiger partial charge on any atom is 0.168 e. The van der Waals surface area contributed by atoms with Crippen molar-refractivity contribution in [2.75, 3.05) is 26.3 Å². The summed E-state index contributed by atoms with van der Waals surface area (Å²) in [5, 5.41) is 12.7. The number of nitrogens with one attached hydrogen (secondary N) is 1. The minimum Gasteiger partial charge on any atom is -0.399 e. The van der Waals surface area contributed by atoms with Gasteiger partial charge in [-0.25, -0.2) is 5.06 Å². The highest BCUT2D eigenvalue weighted by Crippen LogP contribution is 2.38. The van der Waals surface area contributed by atoms with E-state index in [4.69, 9.17) is 26.7 Å². The highest BCUT2D eigenvalue weighted by atomic mass is 32.1. The van der Waals surface area contributed by atoms with Gasteiger partial charge in [-0.3, -0.25) is 0 Å². The molecule has 1 unspecified atom stereocenters. The Morgan fingerprint density at radius 2 is 1.96 bits per heavy atom. The first-order valence-corrected chi connectivity index (χ1v) is 7.88. The van der Waals surface area contributed by atoms with Crippen LogP contribution in [-0.2, 0) is 9.68 Å². The average Bonchev–Trinajstić information content (AvgIpc) is 2.58. The molecule has 1 atom stereocenters. The van der Waals surface area contributed by atoms with Crippen molar-refractivity contribution in [3.8, 4) is 5.75 Å². The van der Waals surface area contributed by atoms with Gasteiger partial charge in [-0.2, -0.15) is 0 Å². The lowest BCUT2D eigenvalue weighted by Crippen LogP contribution is -2.44. The molecule has 24 heavy (non-hydrogen) atoms. The zero-order chi connectivity index (χ0) is 17.9. The van der Waals surface area contributed by atoms with E-state index in [0.29, 0.717) is 16.4 Å². The number of fused-ring (bicyclic) bond motifs is 3. The Kier molecular flexibility index (Phi) is 5.61. The highest BCUT2D eigenvalue weighted by molar-refractivity contribution is 7.82. The van der Waals surface area contributed by atoms with Crippen LogP contribution in [0.4, 0.5) is 5.69 Å². The third kappa shape index (κ3) is 3.28. The number of hydrogen-bond donors (Lipinski definition) is 1. The number of hydrogen-bond acceptors (Lipinski definition) is 7. The predicted octanol–water partition coefficient (Wildman–Crippen LogP) is 2.42. The molecule has 2 bridgehead atoms. The fourth-order valence-corrected chi connectivity index (χ4v) is 2.59. The number of oxime groups is 2. The summed E-state index contributed by atoms with van der Waals surface area (Å²) in [4.78, 5) is 16.4. The van der Waals surface area contributed by atoms with Gasteiger partial charge in [0, 0.05) is 7.05 Å². The van der Waals surface area contributed by atoms with Gasteiger partial charge in [-0.05, 0) is 38.5 Å². The molecule has 0 amide bonds. The van der Waals surface area contributed by atoms with Crippen LogP contribution in [0.1, 0.15) is 25.0 Å². The van der Waals surface area contributed by atoms with Crippen molar-refractivity contribution in [1.82, 2.24) is 5.32 Å². The summed E-state index contributed by atoms with van der Waals surface area (Å²) in [5.41, 5.74) is 4.00. The molecule has 1 aromatic carbocycles. The maximum atomic E-state index is 6.08. The van der Waals surface area contributed by atoms with Crippen LogP contribution in [0.15, 0.2) is 22.4 Å². The summed E-state index contributed by atoms with van der Waals surface area (Å²) in [7, 11) is 4.76. The summed E-state index contributed by atoms with van der Waals surface area (Å²) in [5.74, 6) is 0.690. The van der Waals surface area contributed by atoms with Gasteiger partial charge >= 0.3 is 0 Å². The monoisotopic (exact) mass is 350 g/mol. The third-order valence-electron chi connectivity index (χ3n) is 3.77. The molecule has 8 heteroatoms. The highest BCUT2D eigenvalue weighted by Gasteiger charge is 2.31. The van der Waals surface area contributed by atoms with E-state index < -0.39 is 0 Å². The van der Waals surface area contributed by atoms with Crippen LogP contribution in [0.5, 0.6) is 5.75 Å². The second kappa shape index (κ2) is 7.48. The maximum absolute atomic E-state index is 6.08. The summed E-state index contributed by atoms with van der Waals surface area (Å²) in [6.07, 6.45) is 0. The average molecular weight is 350 g/mol. The molecule has 0 aromatic heterocycles. The Labute approximate surface area is 147 Å². The van der Waals surface area contributed by atoms with Gasteiger partial charge in [0.15, 0.2) is 5.75 Å². The predicted molar refractivity (Wildman–Crippen MR) is 99.1 cm³/mol. The van der Waals surface area contributed by atoms with Crippen molar-refractivity contribution in [1.29, 1.82) is 0 Å². The standard InChI is InChI=1S/C16H22N4O3S/c1-9-7-12-8-13(14(19-22-6)16(24)17-4)15(9)23-20(12)11(3)10(2)18-21-5/h7-8,11H,1-6H3,(H,17,24). The molecule has 0 saturated carbocycles. The van der Waals surface area contributed by atoms with E-state index >= 15 is 0 Å². The van der Waals surface area contributed by atoms with E-state index in [1.807, 2.05) is 32.9 Å². The minimum absolute atomic E-state index is 0.0869. The molecule has 130 valence electrons. The second-order valence-corrected chi connectivity index (χ2v) is 5.76. The van der Waals surface area contributed by atoms with Crippen molar-refractivity contribution in [3.05, 3.63) is 23.3 Å². The minimum atomic E-state index is -0.0869. The lowest BCUT2D eigenvalue weighted by atomic mass is 10.0. The molecular weight excluding hydrogens is 328 g/mol. The number of anilines is 1. The largest absolute Gasteiger partial charge is 0.399 e. The number of rotatable bonds is 6. The van der Waals surface area contributed by atoms with E-state index in [2.05, 4.69) is 15.6 Å².